The van der Waals surface area contributed by atoms with Crippen LogP contribution in [0.15, 0.2) is 30.5 Å². The molecule has 2 N–H and O–H groups in total. The minimum Gasteiger partial charge on any atom is -0.365 e. The number of carbonyl (C=O) groups excluding carboxylic acids is 1. The lowest BCUT2D eigenvalue weighted by molar-refractivity contribution is 0.102. The molecule has 1 aromatic heterocycles. The Labute approximate surface area is 101 Å². The molecule has 3 heteroatoms. The SMILES string of the molecule is Cc1ccc(NC(=O)c2cc[nH]c2C)cc1C. The van der Waals surface area contributed by atoms with Crippen molar-refractivity contribution in [1.82, 2.24) is 4.98 Å². The molecule has 1 amide bonds. The standard InChI is InChI=1S/C14H16N2O/c1-9-4-5-12(8-10(9)2)16-14(17)13-6-7-15-11(13)3/h4-8,15H,1-3H3,(H,16,17). The zero-order valence-electron chi connectivity index (χ0n) is 10.3. The van der Waals surface area contributed by atoms with Gasteiger partial charge in [-0.15, -0.1) is 0 Å². The fourth-order valence-electron chi connectivity index (χ4n) is 1.72. The number of aryl methyl sites for hydroxylation is 3. The molecule has 2 aromatic rings. The first-order chi connectivity index (χ1) is 8.08. The zero-order chi connectivity index (χ0) is 12.4. The van der Waals surface area contributed by atoms with Gasteiger partial charge in [0.1, 0.15) is 0 Å². The van der Waals surface area contributed by atoms with Crippen LogP contribution in [0, 0.1) is 20.8 Å². The lowest BCUT2D eigenvalue weighted by Crippen LogP contribution is -2.12. The highest BCUT2D eigenvalue weighted by atomic mass is 16.1. The number of anilines is 1. The van der Waals surface area contributed by atoms with Crippen LogP contribution in [-0.2, 0) is 0 Å². The molecule has 0 bridgehead atoms. The normalized spacial score (nSPS) is 10.3. The molecule has 0 saturated heterocycles. The number of aromatic nitrogens is 1. The van der Waals surface area contributed by atoms with Crippen LogP contribution in [0.1, 0.15) is 27.2 Å². The average Bonchev–Trinajstić information content (AvgIpc) is 2.70. The van der Waals surface area contributed by atoms with Gasteiger partial charge in [-0.05, 0) is 50.1 Å². The largest absolute Gasteiger partial charge is 0.365 e. The number of hydrogen-bond acceptors (Lipinski definition) is 1. The number of H-pyrrole nitrogens is 1. The second-order valence-corrected chi connectivity index (χ2v) is 4.27. The molecule has 0 aliphatic carbocycles. The summed E-state index contributed by atoms with van der Waals surface area (Å²) in [7, 11) is 0. The maximum absolute atomic E-state index is 12.0. The van der Waals surface area contributed by atoms with Gasteiger partial charge < -0.3 is 10.3 Å². The number of rotatable bonds is 2. The van der Waals surface area contributed by atoms with Crippen molar-refractivity contribution in [2.45, 2.75) is 20.8 Å². The fraction of sp³-hybridized carbons (Fsp3) is 0.214. The highest BCUT2D eigenvalue weighted by Gasteiger charge is 2.09. The molecule has 1 heterocycles. The quantitative estimate of drug-likeness (QED) is 0.814. The number of hydrogen-bond donors (Lipinski definition) is 2. The highest BCUT2D eigenvalue weighted by molar-refractivity contribution is 6.05. The minimum absolute atomic E-state index is 0.0768. The van der Waals surface area contributed by atoms with Gasteiger partial charge in [0.15, 0.2) is 0 Å². The first-order valence-corrected chi connectivity index (χ1v) is 5.60. The van der Waals surface area contributed by atoms with Gasteiger partial charge in [-0.25, -0.2) is 0 Å². The molecular formula is C14H16N2O. The lowest BCUT2D eigenvalue weighted by Gasteiger charge is -2.07. The summed E-state index contributed by atoms with van der Waals surface area (Å²) >= 11 is 0. The van der Waals surface area contributed by atoms with Crippen molar-refractivity contribution in [2.75, 3.05) is 5.32 Å². The van der Waals surface area contributed by atoms with Gasteiger partial charge in [0.05, 0.1) is 5.56 Å². The molecular weight excluding hydrogens is 212 g/mol. The van der Waals surface area contributed by atoms with E-state index in [4.69, 9.17) is 0 Å². The minimum atomic E-state index is -0.0768. The Balaban J connectivity index is 2.19. The van der Waals surface area contributed by atoms with E-state index >= 15 is 0 Å². The van der Waals surface area contributed by atoms with Crippen LogP contribution in [0.5, 0.6) is 0 Å². The van der Waals surface area contributed by atoms with E-state index in [-0.39, 0.29) is 5.91 Å². The van der Waals surface area contributed by atoms with E-state index in [1.807, 2.05) is 32.0 Å². The third-order valence-corrected chi connectivity index (χ3v) is 2.96. The van der Waals surface area contributed by atoms with Crippen molar-refractivity contribution < 1.29 is 4.79 Å². The van der Waals surface area contributed by atoms with Gasteiger partial charge in [0.25, 0.3) is 5.91 Å². The monoisotopic (exact) mass is 228 g/mol. The zero-order valence-corrected chi connectivity index (χ0v) is 10.3. The summed E-state index contributed by atoms with van der Waals surface area (Å²) in [5, 5.41) is 2.89. The number of carbonyl (C=O) groups is 1. The molecule has 2 rings (SSSR count). The molecule has 3 nitrogen and oxygen atoms in total. The Bertz CT molecular complexity index is 555. The summed E-state index contributed by atoms with van der Waals surface area (Å²) in [6, 6.07) is 7.69. The van der Waals surface area contributed by atoms with Gasteiger partial charge >= 0.3 is 0 Å². The summed E-state index contributed by atoms with van der Waals surface area (Å²) < 4.78 is 0. The molecule has 0 aliphatic rings. The van der Waals surface area contributed by atoms with Crippen molar-refractivity contribution >= 4 is 11.6 Å². The van der Waals surface area contributed by atoms with Gasteiger partial charge in [0, 0.05) is 17.6 Å². The molecule has 0 radical (unpaired) electrons. The smallest absolute Gasteiger partial charge is 0.257 e. The van der Waals surface area contributed by atoms with E-state index in [1.165, 1.54) is 11.1 Å². The van der Waals surface area contributed by atoms with E-state index in [1.54, 1.807) is 12.3 Å². The fourth-order valence-corrected chi connectivity index (χ4v) is 1.72. The molecule has 0 saturated carbocycles. The second-order valence-electron chi connectivity index (χ2n) is 4.27. The molecule has 0 spiro atoms. The summed E-state index contributed by atoms with van der Waals surface area (Å²) in [5.41, 5.74) is 4.79. The van der Waals surface area contributed by atoms with Crippen LogP contribution in [-0.4, -0.2) is 10.9 Å². The van der Waals surface area contributed by atoms with Crippen LogP contribution in [0.4, 0.5) is 5.69 Å². The van der Waals surface area contributed by atoms with Crippen LogP contribution < -0.4 is 5.32 Å². The van der Waals surface area contributed by atoms with E-state index in [2.05, 4.69) is 17.2 Å². The molecule has 0 aliphatic heterocycles. The molecule has 0 atom stereocenters. The summed E-state index contributed by atoms with van der Waals surface area (Å²) in [4.78, 5) is 15.0. The number of nitrogens with one attached hydrogen (secondary N) is 2. The van der Waals surface area contributed by atoms with Gasteiger partial charge in [-0.2, -0.15) is 0 Å². The van der Waals surface area contributed by atoms with E-state index in [0.29, 0.717) is 5.56 Å². The molecule has 0 unspecified atom stereocenters. The van der Waals surface area contributed by atoms with Gasteiger partial charge in [-0.1, -0.05) is 6.07 Å². The summed E-state index contributed by atoms with van der Waals surface area (Å²) in [6.07, 6.45) is 1.77. The van der Waals surface area contributed by atoms with Crippen molar-refractivity contribution in [3.63, 3.8) is 0 Å². The van der Waals surface area contributed by atoms with Crippen molar-refractivity contribution in [1.29, 1.82) is 0 Å². The molecule has 17 heavy (non-hydrogen) atoms. The highest BCUT2D eigenvalue weighted by Crippen LogP contribution is 2.16. The first-order valence-electron chi connectivity index (χ1n) is 5.60. The maximum Gasteiger partial charge on any atom is 0.257 e. The molecule has 0 fully saturated rings. The van der Waals surface area contributed by atoms with Crippen LogP contribution in [0.25, 0.3) is 0 Å². The Morgan fingerprint density at radius 3 is 2.47 bits per heavy atom. The lowest BCUT2D eigenvalue weighted by atomic mass is 10.1. The summed E-state index contributed by atoms with van der Waals surface area (Å²) in [5.74, 6) is -0.0768. The van der Waals surface area contributed by atoms with E-state index in [9.17, 15) is 4.79 Å². The number of benzene rings is 1. The molecule has 1 aromatic carbocycles. The Morgan fingerprint density at radius 2 is 1.88 bits per heavy atom. The van der Waals surface area contributed by atoms with Crippen LogP contribution in [0.3, 0.4) is 0 Å². The summed E-state index contributed by atoms with van der Waals surface area (Å²) in [6.45, 7) is 5.97. The third-order valence-electron chi connectivity index (χ3n) is 2.96. The Morgan fingerprint density at radius 1 is 1.12 bits per heavy atom. The van der Waals surface area contributed by atoms with Crippen molar-refractivity contribution in [3.8, 4) is 0 Å². The van der Waals surface area contributed by atoms with Gasteiger partial charge in [0.2, 0.25) is 0 Å². The van der Waals surface area contributed by atoms with Crippen LogP contribution >= 0.6 is 0 Å². The topological polar surface area (TPSA) is 44.9 Å². The maximum atomic E-state index is 12.0. The van der Waals surface area contributed by atoms with Crippen molar-refractivity contribution in [2.24, 2.45) is 0 Å². The molecule has 88 valence electrons. The Hall–Kier alpha value is -2.03. The van der Waals surface area contributed by atoms with Gasteiger partial charge in [-0.3, -0.25) is 4.79 Å². The first kappa shape index (κ1) is 11.5. The average molecular weight is 228 g/mol. The van der Waals surface area contributed by atoms with E-state index < -0.39 is 0 Å². The van der Waals surface area contributed by atoms with Crippen LogP contribution in [0.2, 0.25) is 0 Å². The predicted molar refractivity (Wildman–Crippen MR) is 69.4 cm³/mol. The Kier molecular flexibility index (Phi) is 3.00. The second kappa shape index (κ2) is 4.45. The number of aromatic amines is 1. The predicted octanol–water partition coefficient (Wildman–Crippen LogP) is 3.19. The van der Waals surface area contributed by atoms with Crippen molar-refractivity contribution in [3.05, 3.63) is 52.8 Å². The third kappa shape index (κ3) is 2.38. The van der Waals surface area contributed by atoms with E-state index in [0.717, 1.165) is 11.4 Å². The number of amides is 1.